The molecule has 0 saturated heterocycles. The van der Waals surface area contributed by atoms with Crippen molar-refractivity contribution in [1.82, 2.24) is 16.0 Å². The van der Waals surface area contributed by atoms with Gasteiger partial charge in [-0.1, -0.05) is 12.1 Å². The lowest BCUT2D eigenvalue weighted by molar-refractivity contribution is -0.139. The van der Waals surface area contributed by atoms with Gasteiger partial charge in [0.2, 0.25) is 17.7 Å². The normalized spacial score (nSPS) is 12.3. The van der Waals surface area contributed by atoms with Crippen molar-refractivity contribution in [3.05, 3.63) is 29.8 Å². The van der Waals surface area contributed by atoms with Gasteiger partial charge in [-0.3, -0.25) is 24.0 Å². The predicted octanol–water partition coefficient (Wildman–Crippen LogP) is -2.46. The van der Waals surface area contributed by atoms with E-state index in [1.54, 1.807) is 0 Å². The number of benzene rings is 1. The maximum Gasteiger partial charge on any atom is 0.322 e. The molecule has 0 fully saturated rings. The Balaban J connectivity index is 2.79. The molecule has 0 aromatic heterocycles. The van der Waals surface area contributed by atoms with E-state index < -0.39 is 61.3 Å². The van der Waals surface area contributed by atoms with Gasteiger partial charge < -0.3 is 37.0 Å². The number of phenols is 1. The van der Waals surface area contributed by atoms with E-state index in [4.69, 9.17) is 15.9 Å². The third-order valence-electron chi connectivity index (χ3n) is 3.60. The summed E-state index contributed by atoms with van der Waals surface area (Å²) < 4.78 is 0. The maximum atomic E-state index is 12.4. The molecule has 1 aromatic carbocycles. The molecule has 12 nitrogen and oxygen atoms in total. The summed E-state index contributed by atoms with van der Waals surface area (Å²) in [6.07, 6.45) is -0.675. The number of phenolic OH excluding ortho intramolecular Hbond substituents is 1. The number of amides is 3. The summed E-state index contributed by atoms with van der Waals surface area (Å²) in [6.45, 7) is -1.15. The molecule has 0 aliphatic heterocycles. The van der Waals surface area contributed by atoms with Gasteiger partial charge in [-0.05, 0) is 17.7 Å². The molecular weight excluding hydrogens is 388 g/mol. The summed E-state index contributed by atoms with van der Waals surface area (Å²) >= 11 is 0. The Labute approximate surface area is 165 Å². The Hall–Kier alpha value is -3.67. The largest absolute Gasteiger partial charge is 0.508 e. The van der Waals surface area contributed by atoms with Gasteiger partial charge in [-0.25, -0.2) is 0 Å². The Morgan fingerprint density at radius 3 is 2.07 bits per heavy atom. The van der Waals surface area contributed by atoms with Crippen LogP contribution in [0.4, 0.5) is 0 Å². The van der Waals surface area contributed by atoms with E-state index in [9.17, 15) is 29.1 Å². The molecule has 0 spiro atoms. The van der Waals surface area contributed by atoms with Crippen LogP contribution in [0.25, 0.3) is 0 Å². The second-order valence-electron chi connectivity index (χ2n) is 6.02. The van der Waals surface area contributed by atoms with Crippen LogP contribution in [0.5, 0.6) is 5.75 Å². The number of hydrogen-bond acceptors (Lipinski definition) is 7. The standard InChI is InChI=1S/C17H22N4O8/c18-11(6-14(24)25)16(28)21-12(5-9-1-3-10(22)4-2-9)17(29)20-7-13(23)19-8-15(26)27/h1-4,11-12,22H,5-8,18H2,(H,19,23)(H,20,29)(H,21,28)(H,24,25)(H,26,27). The molecule has 2 atom stereocenters. The van der Waals surface area contributed by atoms with Gasteiger partial charge in [-0.2, -0.15) is 0 Å². The summed E-state index contributed by atoms with van der Waals surface area (Å²) in [5, 5.41) is 33.2. The highest BCUT2D eigenvalue weighted by atomic mass is 16.4. The first-order chi connectivity index (χ1) is 13.6. The van der Waals surface area contributed by atoms with E-state index in [-0.39, 0.29) is 12.2 Å². The Morgan fingerprint density at radius 1 is 0.897 bits per heavy atom. The fraction of sp³-hybridized carbons (Fsp3) is 0.353. The second kappa shape index (κ2) is 11.2. The minimum absolute atomic E-state index is 0.00244. The highest BCUT2D eigenvalue weighted by Gasteiger charge is 2.25. The number of carbonyl (C=O) groups is 5. The number of aliphatic carboxylic acids is 2. The number of rotatable bonds is 11. The van der Waals surface area contributed by atoms with Crippen LogP contribution in [0.3, 0.4) is 0 Å². The monoisotopic (exact) mass is 410 g/mol. The summed E-state index contributed by atoms with van der Waals surface area (Å²) in [5.74, 6) is -4.94. The maximum absolute atomic E-state index is 12.4. The smallest absolute Gasteiger partial charge is 0.322 e. The number of nitrogens with two attached hydrogens (primary N) is 1. The molecule has 1 aromatic rings. The van der Waals surface area contributed by atoms with E-state index in [2.05, 4.69) is 16.0 Å². The first-order valence-corrected chi connectivity index (χ1v) is 8.40. The third kappa shape index (κ3) is 9.19. The fourth-order valence-electron chi connectivity index (χ4n) is 2.16. The average Bonchev–Trinajstić information content (AvgIpc) is 2.64. The van der Waals surface area contributed by atoms with Crippen molar-refractivity contribution in [1.29, 1.82) is 0 Å². The Morgan fingerprint density at radius 2 is 1.52 bits per heavy atom. The molecule has 12 heteroatoms. The SMILES string of the molecule is NC(CC(=O)O)C(=O)NC(Cc1ccc(O)cc1)C(=O)NCC(=O)NCC(=O)O. The molecule has 0 saturated carbocycles. The van der Waals surface area contributed by atoms with Crippen LogP contribution in [-0.2, 0) is 30.4 Å². The lowest BCUT2D eigenvalue weighted by atomic mass is 10.0. The van der Waals surface area contributed by atoms with Crippen molar-refractivity contribution in [2.75, 3.05) is 13.1 Å². The van der Waals surface area contributed by atoms with Crippen LogP contribution >= 0.6 is 0 Å². The van der Waals surface area contributed by atoms with Gasteiger partial charge in [0.05, 0.1) is 19.0 Å². The van der Waals surface area contributed by atoms with Crippen molar-refractivity contribution >= 4 is 29.7 Å². The van der Waals surface area contributed by atoms with Gasteiger partial charge in [0.25, 0.3) is 0 Å². The lowest BCUT2D eigenvalue weighted by Crippen LogP contribution is -2.54. The number of hydrogen-bond donors (Lipinski definition) is 7. The number of aromatic hydroxyl groups is 1. The van der Waals surface area contributed by atoms with E-state index in [0.29, 0.717) is 5.56 Å². The molecule has 0 bridgehead atoms. The van der Waals surface area contributed by atoms with E-state index in [1.165, 1.54) is 24.3 Å². The molecule has 3 amide bonds. The van der Waals surface area contributed by atoms with Crippen LogP contribution in [0.1, 0.15) is 12.0 Å². The molecule has 1 rings (SSSR count). The molecule has 0 radical (unpaired) electrons. The quantitative estimate of drug-likeness (QED) is 0.206. The van der Waals surface area contributed by atoms with Gasteiger partial charge in [0, 0.05) is 6.42 Å². The topological polar surface area (TPSA) is 208 Å². The van der Waals surface area contributed by atoms with Gasteiger partial charge in [0.15, 0.2) is 0 Å². The first-order valence-electron chi connectivity index (χ1n) is 8.40. The molecule has 0 aliphatic rings. The Kier molecular flexibility index (Phi) is 9.05. The van der Waals surface area contributed by atoms with Gasteiger partial charge in [-0.15, -0.1) is 0 Å². The van der Waals surface area contributed by atoms with E-state index >= 15 is 0 Å². The summed E-state index contributed by atoms with van der Waals surface area (Å²) in [5.41, 5.74) is 6.05. The predicted molar refractivity (Wildman–Crippen MR) is 97.6 cm³/mol. The lowest BCUT2D eigenvalue weighted by Gasteiger charge is -2.20. The highest BCUT2D eigenvalue weighted by Crippen LogP contribution is 2.11. The van der Waals surface area contributed by atoms with Crippen LogP contribution in [0.2, 0.25) is 0 Å². The fourth-order valence-corrected chi connectivity index (χ4v) is 2.16. The zero-order valence-electron chi connectivity index (χ0n) is 15.3. The summed E-state index contributed by atoms with van der Waals surface area (Å²) in [4.78, 5) is 57.1. The minimum Gasteiger partial charge on any atom is -0.508 e. The minimum atomic E-state index is -1.39. The zero-order valence-corrected chi connectivity index (χ0v) is 15.3. The first kappa shape index (κ1) is 23.4. The van der Waals surface area contributed by atoms with Crippen molar-refractivity contribution in [2.45, 2.75) is 24.9 Å². The number of carboxylic acid groups (broad SMARTS) is 2. The van der Waals surface area contributed by atoms with Crippen LogP contribution in [-0.4, -0.2) is 70.2 Å². The van der Waals surface area contributed by atoms with E-state index in [0.717, 1.165) is 0 Å². The molecule has 29 heavy (non-hydrogen) atoms. The molecular formula is C17H22N4O8. The van der Waals surface area contributed by atoms with Crippen molar-refractivity contribution in [2.24, 2.45) is 5.73 Å². The van der Waals surface area contributed by atoms with Gasteiger partial charge in [0.1, 0.15) is 18.3 Å². The third-order valence-corrected chi connectivity index (χ3v) is 3.60. The molecule has 0 aliphatic carbocycles. The van der Waals surface area contributed by atoms with Crippen molar-refractivity contribution in [3.8, 4) is 5.75 Å². The number of carbonyl (C=O) groups excluding carboxylic acids is 3. The van der Waals surface area contributed by atoms with Crippen LogP contribution in [0, 0.1) is 0 Å². The molecule has 2 unspecified atom stereocenters. The van der Waals surface area contributed by atoms with Crippen molar-refractivity contribution in [3.63, 3.8) is 0 Å². The van der Waals surface area contributed by atoms with Crippen LogP contribution in [0.15, 0.2) is 24.3 Å². The molecule has 0 heterocycles. The highest BCUT2D eigenvalue weighted by molar-refractivity contribution is 5.93. The Bertz CT molecular complexity index is 765. The zero-order chi connectivity index (χ0) is 22.0. The molecule has 158 valence electrons. The number of nitrogens with one attached hydrogen (secondary N) is 3. The average molecular weight is 410 g/mol. The second-order valence-corrected chi connectivity index (χ2v) is 6.02. The van der Waals surface area contributed by atoms with E-state index in [1.807, 2.05) is 0 Å². The summed E-state index contributed by atoms with van der Waals surface area (Å²) in [7, 11) is 0. The van der Waals surface area contributed by atoms with Gasteiger partial charge >= 0.3 is 11.9 Å². The molecule has 8 N–H and O–H groups in total. The van der Waals surface area contributed by atoms with Crippen molar-refractivity contribution < 1.29 is 39.3 Å². The number of carboxylic acids is 2. The summed E-state index contributed by atoms with van der Waals surface area (Å²) in [6, 6.07) is 3.20. The van der Waals surface area contributed by atoms with Crippen LogP contribution < -0.4 is 21.7 Å².